The van der Waals surface area contributed by atoms with E-state index in [2.05, 4.69) is 15.3 Å². The normalized spacial score (nSPS) is 11.3. The number of aromatic nitrogens is 4. The molecule has 136 valence electrons. The Labute approximate surface area is 161 Å². The molecule has 0 spiro atoms. The molecule has 0 aliphatic heterocycles. The molecular weight excluding hydrogens is 397 g/mol. The third-order valence-corrected chi connectivity index (χ3v) is 4.54. The van der Waals surface area contributed by atoms with Gasteiger partial charge in [0.15, 0.2) is 5.75 Å². The summed E-state index contributed by atoms with van der Waals surface area (Å²) in [5, 5.41) is 19.1. The highest BCUT2D eigenvalue weighted by Gasteiger charge is 2.13. The number of phenols is 1. The lowest BCUT2D eigenvalue weighted by molar-refractivity contribution is 0.480. The lowest BCUT2D eigenvalue weighted by Crippen LogP contribution is -2.02. The van der Waals surface area contributed by atoms with Gasteiger partial charge in [-0.2, -0.15) is 0 Å². The average molecular weight is 407 g/mol. The second-order valence-corrected chi connectivity index (χ2v) is 6.66. The molecule has 1 N–H and O–H groups in total. The number of phenolic OH excluding ortho intramolecular Hbond substituents is 1. The fraction of sp³-hybridized carbons (Fsp3) is 0.0556. The molecule has 2 aromatic carbocycles. The average Bonchev–Trinajstić information content (AvgIpc) is 3.07. The summed E-state index contributed by atoms with van der Waals surface area (Å²) >= 11 is 12.1. The third kappa shape index (κ3) is 3.43. The zero-order valence-electron chi connectivity index (χ0n) is 13.5. The van der Waals surface area contributed by atoms with Crippen LogP contribution in [0.25, 0.3) is 22.2 Å². The number of rotatable bonds is 3. The van der Waals surface area contributed by atoms with Crippen LogP contribution in [0, 0.1) is 11.6 Å². The largest absolute Gasteiger partial charge is 0.504 e. The van der Waals surface area contributed by atoms with Gasteiger partial charge in [0.1, 0.15) is 22.8 Å². The first-order valence-electron chi connectivity index (χ1n) is 7.74. The van der Waals surface area contributed by atoms with Gasteiger partial charge < -0.3 is 5.11 Å². The molecule has 9 heteroatoms. The van der Waals surface area contributed by atoms with Crippen molar-refractivity contribution in [3.8, 4) is 17.0 Å². The molecule has 0 radical (unpaired) electrons. The SMILES string of the molecule is Oc1c(Cl)cc(Cl)c2ccc(Cn3cc(-c4cc(F)cc(F)c4)nn3)nc12. The Morgan fingerprint density at radius 3 is 2.48 bits per heavy atom. The van der Waals surface area contributed by atoms with Gasteiger partial charge in [-0.1, -0.05) is 28.4 Å². The molecular formula is C18H10Cl2F2N4O. The maximum atomic E-state index is 13.4. The van der Waals surface area contributed by atoms with Crippen LogP contribution in [0.1, 0.15) is 5.69 Å². The van der Waals surface area contributed by atoms with Crippen molar-refractivity contribution in [3.05, 3.63) is 70.0 Å². The zero-order valence-corrected chi connectivity index (χ0v) is 15.0. The van der Waals surface area contributed by atoms with E-state index in [1.165, 1.54) is 22.9 Å². The van der Waals surface area contributed by atoms with E-state index in [4.69, 9.17) is 23.2 Å². The molecule has 0 fully saturated rings. The molecule has 2 heterocycles. The van der Waals surface area contributed by atoms with Gasteiger partial charge in [0.2, 0.25) is 0 Å². The van der Waals surface area contributed by atoms with Crippen molar-refractivity contribution >= 4 is 34.1 Å². The van der Waals surface area contributed by atoms with Crippen molar-refractivity contribution < 1.29 is 13.9 Å². The highest BCUT2D eigenvalue weighted by molar-refractivity contribution is 6.39. The Kier molecular flexibility index (Phi) is 4.41. The Morgan fingerprint density at radius 2 is 1.74 bits per heavy atom. The van der Waals surface area contributed by atoms with E-state index >= 15 is 0 Å². The number of halogens is 4. The van der Waals surface area contributed by atoms with Crippen molar-refractivity contribution in [2.75, 3.05) is 0 Å². The summed E-state index contributed by atoms with van der Waals surface area (Å²) in [5.74, 6) is -1.55. The molecule has 0 saturated carbocycles. The van der Waals surface area contributed by atoms with Gasteiger partial charge >= 0.3 is 0 Å². The highest BCUT2D eigenvalue weighted by atomic mass is 35.5. The molecule has 0 atom stereocenters. The first-order valence-corrected chi connectivity index (χ1v) is 8.49. The van der Waals surface area contributed by atoms with Crippen molar-refractivity contribution in [2.45, 2.75) is 6.54 Å². The summed E-state index contributed by atoms with van der Waals surface area (Å²) in [6.45, 7) is 0.226. The fourth-order valence-corrected chi connectivity index (χ4v) is 3.22. The van der Waals surface area contributed by atoms with Crippen LogP contribution >= 0.6 is 23.2 Å². The predicted molar refractivity (Wildman–Crippen MR) is 97.9 cm³/mol. The van der Waals surface area contributed by atoms with E-state index in [-0.39, 0.29) is 28.4 Å². The fourth-order valence-electron chi connectivity index (χ4n) is 2.71. The summed E-state index contributed by atoms with van der Waals surface area (Å²) in [4.78, 5) is 4.37. The van der Waals surface area contributed by atoms with Gasteiger partial charge in [-0.3, -0.25) is 0 Å². The van der Waals surface area contributed by atoms with Gasteiger partial charge in [-0.25, -0.2) is 18.4 Å². The van der Waals surface area contributed by atoms with Crippen LogP contribution in [0.2, 0.25) is 10.0 Å². The van der Waals surface area contributed by atoms with Crippen LogP contribution < -0.4 is 0 Å². The lowest BCUT2D eigenvalue weighted by atomic mass is 10.1. The van der Waals surface area contributed by atoms with E-state index in [0.29, 0.717) is 21.8 Å². The van der Waals surface area contributed by atoms with E-state index < -0.39 is 11.6 Å². The molecule has 2 aromatic heterocycles. The standard InChI is InChI=1S/C18H10Cl2F2N4O/c19-14-6-15(20)18(27)17-13(14)2-1-12(23-17)7-26-8-16(24-25-26)9-3-10(21)5-11(22)4-9/h1-6,8,27H,7H2. The minimum absolute atomic E-state index is 0.105. The Morgan fingerprint density at radius 1 is 1.00 bits per heavy atom. The molecule has 0 aliphatic rings. The predicted octanol–water partition coefficient (Wildman–Crippen LogP) is 4.83. The molecule has 27 heavy (non-hydrogen) atoms. The number of pyridine rings is 1. The summed E-state index contributed by atoms with van der Waals surface area (Å²) in [6, 6.07) is 8.03. The van der Waals surface area contributed by atoms with Crippen LogP contribution in [0.4, 0.5) is 8.78 Å². The molecule has 0 bridgehead atoms. The van der Waals surface area contributed by atoms with E-state index in [0.717, 1.165) is 6.07 Å². The second kappa shape index (κ2) is 6.75. The van der Waals surface area contributed by atoms with Crippen LogP contribution in [-0.2, 0) is 6.54 Å². The van der Waals surface area contributed by atoms with Gasteiger partial charge in [0, 0.05) is 17.0 Å². The summed E-state index contributed by atoms with van der Waals surface area (Å²) in [5.41, 5.74) is 1.44. The van der Waals surface area contributed by atoms with Crippen molar-refractivity contribution in [3.63, 3.8) is 0 Å². The van der Waals surface area contributed by atoms with Gasteiger partial charge in [0.05, 0.1) is 28.5 Å². The Balaban J connectivity index is 1.67. The molecule has 0 amide bonds. The first-order chi connectivity index (χ1) is 12.9. The van der Waals surface area contributed by atoms with E-state index in [9.17, 15) is 13.9 Å². The summed E-state index contributed by atoms with van der Waals surface area (Å²) < 4.78 is 28.2. The van der Waals surface area contributed by atoms with Crippen molar-refractivity contribution in [2.24, 2.45) is 0 Å². The molecule has 0 aliphatic carbocycles. The number of fused-ring (bicyclic) bond motifs is 1. The topological polar surface area (TPSA) is 63.8 Å². The highest BCUT2D eigenvalue weighted by Crippen LogP contribution is 2.36. The minimum atomic E-state index is -0.694. The Bertz CT molecular complexity index is 1160. The zero-order chi connectivity index (χ0) is 19.1. The number of hydrogen-bond donors (Lipinski definition) is 1. The molecule has 4 rings (SSSR count). The first kappa shape index (κ1) is 17.6. The Hall–Kier alpha value is -2.77. The third-order valence-electron chi connectivity index (χ3n) is 3.94. The number of aromatic hydroxyl groups is 1. The van der Waals surface area contributed by atoms with Crippen LogP contribution in [0.3, 0.4) is 0 Å². The number of benzene rings is 2. The van der Waals surface area contributed by atoms with Gasteiger partial charge in [-0.15, -0.1) is 5.10 Å². The van der Waals surface area contributed by atoms with Crippen molar-refractivity contribution in [1.29, 1.82) is 0 Å². The quantitative estimate of drug-likeness (QED) is 0.528. The smallest absolute Gasteiger partial charge is 0.160 e. The monoisotopic (exact) mass is 406 g/mol. The van der Waals surface area contributed by atoms with Crippen LogP contribution in [0.15, 0.2) is 42.6 Å². The second-order valence-electron chi connectivity index (χ2n) is 5.85. The maximum Gasteiger partial charge on any atom is 0.160 e. The molecule has 4 aromatic rings. The van der Waals surface area contributed by atoms with Crippen LogP contribution in [-0.4, -0.2) is 25.1 Å². The van der Waals surface area contributed by atoms with Gasteiger partial charge in [-0.05, 0) is 30.3 Å². The molecule has 0 unspecified atom stereocenters. The van der Waals surface area contributed by atoms with Gasteiger partial charge in [0.25, 0.3) is 0 Å². The lowest BCUT2D eigenvalue weighted by Gasteiger charge is -2.07. The van der Waals surface area contributed by atoms with Crippen molar-refractivity contribution in [1.82, 2.24) is 20.0 Å². The van der Waals surface area contributed by atoms with E-state index in [1.54, 1.807) is 18.3 Å². The molecule has 0 saturated heterocycles. The minimum Gasteiger partial charge on any atom is -0.504 e. The molecule has 5 nitrogen and oxygen atoms in total. The summed E-state index contributed by atoms with van der Waals surface area (Å²) in [6.07, 6.45) is 1.55. The van der Waals surface area contributed by atoms with Crippen LogP contribution in [0.5, 0.6) is 5.75 Å². The van der Waals surface area contributed by atoms with E-state index in [1.807, 2.05) is 0 Å². The number of hydrogen-bond acceptors (Lipinski definition) is 4. The summed E-state index contributed by atoms with van der Waals surface area (Å²) in [7, 11) is 0. The maximum absolute atomic E-state index is 13.4. The number of nitrogens with zero attached hydrogens (tertiary/aromatic N) is 4.